The van der Waals surface area contributed by atoms with E-state index in [0.717, 1.165) is 29.0 Å². The summed E-state index contributed by atoms with van der Waals surface area (Å²) in [5, 5.41) is 0. The molecule has 3 nitrogen and oxygen atoms in total. The Morgan fingerprint density at radius 3 is 2.54 bits per heavy atom. The van der Waals surface area contributed by atoms with Crippen LogP contribution >= 0.6 is 0 Å². The van der Waals surface area contributed by atoms with Crippen LogP contribution in [-0.4, -0.2) is 25.1 Å². The molecule has 0 saturated carbocycles. The molecule has 0 aliphatic carbocycles. The number of ketones is 1. The second-order valence-electron chi connectivity index (χ2n) is 7.37. The van der Waals surface area contributed by atoms with Crippen molar-refractivity contribution in [2.45, 2.75) is 39.2 Å². The average Bonchev–Trinajstić information content (AvgIpc) is 3.36. The maximum Gasteiger partial charge on any atom is 0.193 e. The molecule has 0 spiro atoms. The summed E-state index contributed by atoms with van der Waals surface area (Å²) in [5.41, 5.74) is 3.42. The van der Waals surface area contributed by atoms with Gasteiger partial charge in [-0.05, 0) is 41.7 Å². The van der Waals surface area contributed by atoms with Crippen molar-refractivity contribution in [2.75, 3.05) is 13.2 Å². The largest absolute Gasteiger partial charge is 0.491 e. The zero-order valence-corrected chi connectivity index (χ0v) is 14.8. The van der Waals surface area contributed by atoms with Crippen molar-refractivity contribution in [3.8, 4) is 5.75 Å². The van der Waals surface area contributed by atoms with Gasteiger partial charge in [-0.25, -0.2) is 0 Å². The summed E-state index contributed by atoms with van der Waals surface area (Å²) in [6.45, 7) is 9.69. The Balaban J connectivity index is 1.86. The fourth-order valence-corrected chi connectivity index (χ4v) is 2.79. The fourth-order valence-electron chi connectivity index (χ4n) is 2.79. The molecule has 3 heteroatoms. The van der Waals surface area contributed by atoms with E-state index in [1.165, 1.54) is 0 Å². The highest BCUT2D eigenvalue weighted by molar-refractivity contribution is 6.10. The first-order chi connectivity index (χ1) is 11.4. The average molecular weight is 324 g/mol. The monoisotopic (exact) mass is 324 g/mol. The van der Waals surface area contributed by atoms with E-state index in [1.807, 2.05) is 49.4 Å². The van der Waals surface area contributed by atoms with E-state index < -0.39 is 0 Å². The molecule has 0 aromatic heterocycles. The molecule has 1 fully saturated rings. The first-order valence-electron chi connectivity index (χ1n) is 8.35. The van der Waals surface area contributed by atoms with Crippen molar-refractivity contribution < 1.29 is 14.3 Å². The molecule has 1 aliphatic heterocycles. The van der Waals surface area contributed by atoms with Crippen molar-refractivity contribution in [1.29, 1.82) is 0 Å². The van der Waals surface area contributed by atoms with E-state index in [2.05, 4.69) is 20.8 Å². The SMILES string of the molecule is Cc1cc(C(=O)c2ccccc2C(C)(C)C)ccc1OCC1CO1. The molecule has 1 heterocycles. The highest BCUT2D eigenvalue weighted by atomic mass is 16.6. The standard InChI is InChI=1S/C21H24O3/c1-14-11-15(9-10-19(14)24-13-16-12-23-16)20(22)17-7-5-6-8-18(17)21(2,3)4/h5-11,16H,12-13H2,1-4H3. The Labute approximate surface area is 143 Å². The summed E-state index contributed by atoms with van der Waals surface area (Å²) in [5.74, 6) is 0.867. The maximum atomic E-state index is 13.0. The Bertz CT molecular complexity index is 752. The van der Waals surface area contributed by atoms with E-state index in [4.69, 9.17) is 9.47 Å². The Morgan fingerprint density at radius 1 is 1.21 bits per heavy atom. The minimum atomic E-state index is -0.0748. The second-order valence-corrected chi connectivity index (χ2v) is 7.37. The maximum absolute atomic E-state index is 13.0. The van der Waals surface area contributed by atoms with Gasteiger partial charge in [0.2, 0.25) is 0 Å². The summed E-state index contributed by atoms with van der Waals surface area (Å²) >= 11 is 0. The quantitative estimate of drug-likeness (QED) is 0.608. The fraction of sp³-hybridized carbons (Fsp3) is 0.381. The highest BCUT2D eigenvalue weighted by Gasteiger charge is 2.24. The van der Waals surface area contributed by atoms with Crippen LogP contribution in [0.4, 0.5) is 0 Å². The van der Waals surface area contributed by atoms with E-state index in [9.17, 15) is 4.79 Å². The predicted octanol–water partition coefficient (Wildman–Crippen LogP) is 4.30. The van der Waals surface area contributed by atoms with Gasteiger partial charge in [-0.1, -0.05) is 45.0 Å². The lowest BCUT2D eigenvalue weighted by atomic mass is 9.82. The molecule has 0 amide bonds. The molecule has 126 valence electrons. The van der Waals surface area contributed by atoms with Gasteiger partial charge in [-0.3, -0.25) is 4.79 Å². The summed E-state index contributed by atoms with van der Waals surface area (Å²) in [6, 6.07) is 13.5. The Kier molecular flexibility index (Phi) is 4.46. The molecule has 24 heavy (non-hydrogen) atoms. The lowest BCUT2D eigenvalue weighted by Crippen LogP contribution is -2.17. The van der Waals surface area contributed by atoms with E-state index in [0.29, 0.717) is 12.2 Å². The number of epoxide rings is 1. The molecule has 0 N–H and O–H groups in total. The number of aryl methyl sites for hydroxylation is 1. The topological polar surface area (TPSA) is 38.8 Å². The number of benzene rings is 2. The van der Waals surface area contributed by atoms with Gasteiger partial charge in [0.25, 0.3) is 0 Å². The zero-order valence-electron chi connectivity index (χ0n) is 14.8. The van der Waals surface area contributed by atoms with Gasteiger partial charge in [0.15, 0.2) is 5.78 Å². The van der Waals surface area contributed by atoms with Crippen LogP contribution in [0.5, 0.6) is 5.75 Å². The first kappa shape index (κ1) is 16.7. The number of carbonyl (C=O) groups excluding carboxylic acids is 1. The van der Waals surface area contributed by atoms with Crippen LogP contribution in [0.15, 0.2) is 42.5 Å². The first-order valence-corrected chi connectivity index (χ1v) is 8.35. The summed E-state index contributed by atoms with van der Waals surface area (Å²) in [7, 11) is 0. The molecule has 1 atom stereocenters. The lowest BCUT2D eigenvalue weighted by molar-refractivity contribution is 0.103. The molecular weight excluding hydrogens is 300 g/mol. The van der Waals surface area contributed by atoms with Gasteiger partial charge in [0, 0.05) is 11.1 Å². The molecule has 1 unspecified atom stereocenters. The molecule has 2 aromatic rings. The van der Waals surface area contributed by atoms with Crippen LogP contribution < -0.4 is 4.74 Å². The van der Waals surface area contributed by atoms with E-state index >= 15 is 0 Å². The molecule has 0 bridgehead atoms. The van der Waals surface area contributed by atoms with Gasteiger partial charge >= 0.3 is 0 Å². The third kappa shape index (κ3) is 3.68. The molecular formula is C21H24O3. The summed E-state index contributed by atoms with van der Waals surface area (Å²) in [4.78, 5) is 13.0. The Morgan fingerprint density at radius 2 is 1.92 bits per heavy atom. The molecule has 1 aliphatic rings. The number of ether oxygens (including phenoxy) is 2. The second kappa shape index (κ2) is 6.40. The van der Waals surface area contributed by atoms with Crippen LogP contribution in [0.3, 0.4) is 0 Å². The highest BCUT2D eigenvalue weighted by Crippen LogP contribution is 2.28. The number of hydrogen-bond acceptors (Lipinski definition) is 3. The molecule has 0 radical (unpaired) electrons. The van der Waals surface area contributed by atoms with E-state index in [-0.39, 0.29) is 17.3 Å². The normalized spacial score (nSPS) is 16.8. The third-order valence-electron chi connectivity index (χ3n) is 4.24. The van der Waals surface area contributed by atoms with Crippen LogP contribution in [0.2, 0.25) is 0 Å². The summed E-state index contributed by atoms with van der Waals surface area (Å²) in [6.07, 6.45) is 0.226. The van der Waals surface area contributed by atoms with Crippen LogP contribution in [0, 0.1) is 6.92 Å². The molecule has 2 aromatic carbocycles. The predicted molar refractivity (Wildman–Crippen MR) is 95.0 cm³/mol. The van der Waals surface area contributed by atoms with Gasteiger partial charge in [0.05, 0.1) is 6.61 Å². The smallest absolute Gasteiger partial charge is 0.193 e. The van der Waals surface area contributed by atoms with Crippen molar-refractivity contribution >= 4 is 5.78 Å². The number of hydrogen-bond donors (Lipinski definition) is 0. The third-order valence-corrected chi connectivity index (χ3v) is 4.24. The van der Waals surface area contributed by atoms with Crippen LogP contribution in [0.25, 0.3) is 0 Å². The van der Waals surface area contributed by atoms with Crippen molar-refractivity contribution in [2.24, 2.45) is 0 Å². The number of rotatable bonds is 5. The molecule has 1 saturated heterocycles. The van der Waals surface area contributed by atoms with Gasteiger partial charge < -0.3 is 9.47 Å². The Hall–Kier alpha value is -2.13. The lowest BCUT2D eigenvalue weighted by Gasteiger charge is -2.22. The molecule has 3 rings (SSSR count). The van der Waals surface area contributed by atoms with Crippen molar-refractivity contribution in [3.05, 3.63) is 64.7 Å². The van der Waals surface area contributed by atoms with Gasteiger partial charge in [0.1, 0.15) is 18.5 Å². The number of carbonyl (C=O) groups is 1. The minimum absolute atomic E-state index is 0.0562. The van der Waals surface area contributed by atoms with Crippen LogP contribution in [0.1, 0.15) is 47.8 Å². The van der Waals surface area contributed by atoms with Crippen molar-refractivity contribution in [1.82, 2.24) is 0 Å². The van der Waals surface area contributed by atoms with Crippen LogP contribution in [-0.2, 0) is 10.2 Å². The van der Waals surface area contributed by atoms with Gasteiger partial charge in [-0.15, -0.1) is 0 Å². The summed E-state index contributed by atoms with van der Waals surface area (Å²) < 4.78 is 10.9. The minimum Gasteiger partial charge on any atom is -0.491 e. The van der Waals surface area contributed by atoms with E-state index in [1.54, 1.807) is 0 Å². The van der Waals surface area contributed by atoms with Gasteiger partial charge in [-0.2, -0.15) is 0 Å². The zero-order chi connectivity index (χ0) is 17.3. The van der Waals surface area contributed by atoms with Crippen molar-refractivity contribution in [3.63, 3.8) is 0 Å².